The normalized spacial score (nSPS) is 29.4. The van der Waals surface area contributed by atoms with Crippen LogP contribution < -0.4 is 10.1 Å². The third kappa shape index (κ3) is 4.14. The Kier molecular flexibility index (Phi) is 4.40. The Balaban J connectivity index is 1.67. The summed E-state index contributed by atoms with van der Waals surface area (Å²) >= 11 is 0. The van der Waals surface area contributed by atoms with Crippen LogP contribution in [0.3, 0.4) is 0 Å². The Hall–Kier alpha value is -1.20. The van der Waals surface area contributed by atoms with Crippen molar-refractivity contribution in [2.24, 2.45) is 0 Å². The highest BCUT2D eigenvalue weighted by molar-refractivity contribution is 5.26. The van der Waals surface area contributed by atoms with E-state index in [1.54, 1.807) is 0 Å². The number of aromatic nitrogens is 1. The summed E-state index contributed by atoms with van der Waals surface area (Å²) in [5.74, 6) is 0.236. The summed E-state index contributed by atoms with van der Waals surface area (Å²) in [5.41, 5.74) is 0.800. The average Bonchev–Trinajstić information content (AvgIpc) is 3.22. The summed E-state index contributed by atoms with van der Waals surface area (Å²) < 4.78 is 25.2. The van der Waals surface area contributed by atoms with Gasteiger partial charge in [0.05, 0.1) is 18.4 Å². The molecule has 1 saturated heterocycles. The zero-order valence-electron chi connectivity index (χ0n) is 12.6. The molecule has 1 saturated carbocycles. The first-order chi connectivity index (χ1) is 10.1. The average molecular weight is 294 g/mol. The highest BCUT2D eigenvalue weighted by Gasteiger charge is 2.27. The third-order valence-electron chi connectivity index (χ3n) is 3.98. The molecule has 1 aromatic rings. The quantitative estimate of drug-likeness (QED) is 0.907. The first-order valence-corrected chi connectivity index (χ1v) is 7.80. The molecule has 2 unspecified atom stereocenters. The van der Waals surface area contributed by atoms with Gasteiger partial charge in [0.25, 0.3) is 0 Å². The van der Waals surface area contributed by atoms with E-state index in [1.165, 1.54) is 25.1 Å². The van der Waals surface area contributed by atoms with Crippen molar-refractivity contribution in [1.82, 2.24) is 10.3 Å². The third-order valence-corrected chi connectivity index (χ3v) is 3.98. The van der Waals surface area contributed by atoms with Crippen molar-refractivity contribution in [1.29, 1.82) is 0 Å². The summed E-state index contributed by atoms with van der Waals surface area (Å²) in [6.07, 6.45) is 5.78. The predicted molar refractivity (Wildman–Crippen MR) is 77.7 cm³/mol. The molecule has 3 rings (SSSR count). The fourth-order valence-electron chi connectivity index (χ4n) is 2.84. The van der Waals surface area contributed by atoms with Crippen LogP contribution in [0.2, 0.25) is 0 Å². The number of nitrogens with zero attached hydrogens (tertiary/aromatic N) is 1. The van der Waals surface area contributed by atoms with Gasteiger partial charge in [-0.15, -0.1) is 0 Å². The molecule has 2 fully saturated rings. The van der Waals surface area contributed by atoms with Gasteiger partial charge in [-0.2, -0.15) is 0 Å². The highest BCUT2D eigenvalue weighted by Crippen LogP contribution is 2.26. The molecule has 1 N–H and O–H groups in total. The SMILES string of the molecule is CC1CC(Oc2ncc(F)cc2CNC2CC2)CC(C)O1. The zero-order valence-corrected chi connectivity index (χ0v) is 12.6. The lowest BCUT2D eigenvalue weighted by Gasteiger charge is -2.32. The molecule has 2 atom stereocenters. The molecule has 21 heavy (non-hydrogen) atoms. The first kappa shape index (κ1) is 14.7. The van der Waals surface area contributed by atoms with Crippen molar-refractivity contribution in [2.75, 3.05) is 0 Å². The Morgan fingerprint density at radius 1 is 1.33 bits per heavy atom. The van der Waals surface area contributed by atoms with Crippen LogP contribution >= 0.6 is 0 Å². The Morgan fingerprint density at radius 2 is 2.05 bits per heavy atom. The van der Waals surface area contributed by atoms with Gasteiger partial charge in [0, 0.05) is 31.0 Å². The maximum Gasteiger partial charge on any atom is 0.218 e. The van der Waals surface area contributed by atoms with E-state index in [2.05, 4.69) is 24.1 Å². The topological polar surface area (TPSA) is 43.4 Å². The Labute approximate surface area is 125 Å². The van der Waals surface area contributed by atoms with Crippen LogP contribution in [0.5, 0.6) is 5.88 Å². The molecule has 0 aromatic carbocycles. The summed E-state index contributed by atoms with van der Waals surface area (Å²) in [7, 11) is 0. The van der Waals surface area contributed by atoms with Gasteiger partial charge in [-0.05, 0) is 32.8 Å². The van der Waals surface area contributed by atoms with E-state index in [-0.39, 0.29) is 24.1 Å². The van der Waals surface area contributed by atoms with E-state index < -0.39 is 0 Å². The fraction of sp³-hybridized carbons (Fsp3) is 0.688. The van der Waals surface area contributed by atoms with Gasteiger partial charge in [-0.1, -0.05) is 0 Å². The maximum atomic E-state index is 13.4. The van der Waals surface area contributed by atoms with Crippen molar-refractivity contribution >= 4 is 0 Å². The van der Waals surface area contributed by atoms with Crippen LogP contribution in [0.1, 0.15) is 45.1 Å². The van der Waals surface area contributed by atoms with Crippen LogP contribution in [0.25, 0.3) is 0 Å². The largest absolute Gasteiger partial charge is 0.474 e. The molecule has 0 spiro atoms. The maximum absolute atomic E-state index is 13.4. The number of nitrogens with one attached hydrogen (secondary N) is 1. The molecule has 4 nitrogen and oxygen atoms in total. The molecule has 2 heterocycles. The molecular formula is C16H23FN2O2. The molecule has 1 aliphatic heterocycles. The second kappa shape index (κ2) is 6.28. The smallest absolute Gasteiger partial charge is 0.218 e. The minimum atomic E-state index is -0.316. The monoisotopic (exact) mass is 294 g/mol. The minimum absolute atomic E-state index is 0.0846. The zero-order chi connectivity index (χ0) is 14.8. The van der Waals surface area contributed by atoms with Gasteiger partial charge >= 0.3 is 0 Å². The van der Waals surface area contributed by atoms with E-state index >= 15 is 0 Å². The van der Waals surface area contributed by atoms with E-state index in [0.717, 1.165) is 18.4 Å². The van der Waals surface area contributed by atoms with Gasteiger partial charge < -0.3 is 14.8 Å². The summed E-state index contributed by atoms with van der Waals surface area (Å²) in [4.78, 5) is 4.14. The number of hydrogen-bond acceptors (Lipinski definition) is 4. The van der Waals surface area contributed by atoms with Gasteiger partial charge in [-0.3, -0.25) is 0 Å². The van der Waals surface area contributed by atoms with E-state index in [9.17, 15) is 4.39 Å². The Bertz CT molecular complexity index is 483. The molecular weight excluding hydrogens is 271 g/mol. The lowest BCUT2D eigenvalue weighted by Crippen LogP contribution is -2.36. The van der Waals surface area contributed by atoms with E-state index in [0.29, 0.717) is 18.5 Å². The van der Waals surface area contributed by atoms with Crippen molar-refractivity contribution < 1.29 is 13.9 Å². The first-order valence-electron chi connectivity index (χ1n) is 7.80. The lowest BCUT2D eigenvalue weighted by atomic mass is 10.0. The number of rotatable bonds is 5. The van der Waals surface area contributed by atoms with Gasteiger partial charge in [-0.25, -0.2) is 9.37 Å². The summed E-state index contributed by atoms with van der Waals surface area (Å²) in [5, 5.41) is 3.38. The standard InChI is InChI=1S/C16H23FN2O2/c1-10-5-15(6-11(2)20-10)21-16-12(7-13(17)9-19-16)8-18-14-3-4-14/h7,9-11,14-15,18H,3-6,8H2,1-2H3. The van der Waals surface area contributed by atoms with Gasteiger partial charge in [0.2, 0.25) is 5.88 Å². The molecule has 116 valence electrons. The van der Waals surface area contributed by atoms with Gasteiger partial charge in [0.15, 0.2) is 0 Å². The number of hydrogen-bond donors (Lipinski definition) is 1. The molecule has 1 aromatic heterocycles. The van der Waals surface area contributed by atoms with E-state index in [1.807, 2.05) is 0 Å². The fourth-order valence-corrected chi connectivity index (χ4v) is 2.84. The van der Waals surface area contributed by atoms with Crippen molar-refractivity contribution in [2.45, 2.75) is 70.4 Å². The predicted octanol–water partition coefficient (Wildman–Crippen LogP) is 2.81. The molecule has 1 aliphatic carbocycles. The Morgan fingerprint density at radius 3 is 2.71 bits per heavy atom. The van der Waals surface area contributed by atoms with Crippen LogP contribution in [0.15, 0.2) is 12.3 Å². The van der Waals surface area contributed by atoms with Gasteiger partial charge in [0.1, 0.15) is 11.9 Å². The van der Waals surface area contributed by atoms with Crippen LogP contribution in [-0.4, -0.2) is 29.3 Å². The van der Waals surface area contributed by atoms with Crippen LogP contribution in [0.4, 0.5) is 4.39 Å². The number of pyridine rings is 1. The summed E-state index contributed by atoms with van der Waals surface area (Å²) in [6.45, 7) is 4.72. The van der Waals surface area contributed by atoms with Crippen molar-refractivity contribution in [3.05, 3.63) is 23.6 Å². The second-order valence-corrected chi connectivity index (χ2v) is 6.24. The summed E-state index contributed by atoms with van der Waals surface area (Å²) in [6, 6.07) is 2.09. The second-order valence-electron chi connectivity index (χ2n) is 6.24. The van der Waals surface area contributed by atoms with E-state index in [4.69, 9.17) is 9.47 Å². The lowest BCUT2D eigenvalue weighted by molar-refractivity contribution is -0.0731. The van der Waals surface area contributed by atoms with Crippen molar-refractivity contribution in [3.63, 3.8) is 0 Å². The molecule has 5 heteroatoms. The molecule has 0 radical (unpaired) electrons. The molecule has 2 aliphatic rings. The number of ether oxygens (including phenoxy) is 2. The van der Waals surface area contributed by atoms with Crippen LogP contribution in [0, 0.1) is 5.82 Å². The number of halogens is 1. The highest BCUT2D eigenvalue weighted by atomic mass is 19.1. The minimum Gasteiger partial charge on any atom is -0.474 e. The molecule has 0 amide bonds. The van der Waals surface area contributed by atoms with Crippen molar-refractivity contribution in [3.8, 4) is 5.88 Å². The molecule has 0 bridgehead atoms. The van der Waals surface area contributed by atoms with Crippen LogP contribution in [-0.2, 0) is 11.3 Å².